The molecule has 1 unspecified atom stereocenters. The highest BCUT2D eigenvalue weighted by Gasteiger charge is 2.08. The summed E-state index contributed by atoms with van der Waals surface area (Å²) in [7, 11) is 1.70. The Labute approximate surface area is 115 Å². The van der Waals surface area contributed by atoms with E-state index in [2.05, 4.69) is 56.4 Å². The van der Waals surface area contributed by atoms with Crippen molar-refractivity contribution in [2.45, 2.75) is 26.8 Å². The average Bonchev–Trinajstić information content (AvgIpc) is 2.44. The third-order valence-electron chi connectivity index (χ3n) is 3.57. The molecule has 0 spiro atoms. The number of hydrogen-bond acceptors (Lipinski definition) is 2. The number of ether oxygens (including phenoxy) is 1. The van der Waals surface area contributed by atoms with Gasteiger partial charge in [-0.3, -0.25) is 0 Å². The first-order valence-corrected chi connectivity index (χ1v) is 6.58. The van der Waals surface area contributed by atoms with Gasteiger partial charge in [0.25, 0.3) is 0 Å². The summed E-state index contributed by atoms with van der Waals surface area (Å²) in [5, 5.41) is 3.56. The molecule has 100 valence electrons. The lowest BCUT2D eigenvalue weighted by Gasteiger charge is -2.19. The van der Waals surface area contributed by atoms with Gasteiger partial charge < -0.3 is 10.1 Å². The van der Waals surface area contributed by atoms with Crippen molar-refractivity contribution in [1.82, 2.24) is 0 Å². The van der Waals surface area contributed by atoms with Crippen LogP contribution in [0, 0.1) is 13.8 Å². The molecule has 0 aliphatic heterocycles. The van der Waals surface area contributed by atoms with Crippen molar-refractivity contribution in [3.8, 4) is 5.75 Å². The quantitative estimate of drug-likeness (QED) is 0.869. The second kappa shape index (κ2) is 5.79. The first kappa shape index (κ1) is 13.5. The van der Waals surface area contributed by atoms with Crippen molar-refractivity contribution >= 4 is 5.69 Å². The van der Waals surface area contributed by atoms with Gasteiger partial charge >= 0.3 is 0 Å². The Morgan fingerprint density at radius 1 is 1.05 bits per heavy atom. The Hall–Kier alpha value is -1.96. The standard InChI is InChI=1S/C17H21NO/c1-12-7-5-10-17(13(12)2)18-14(3)15-8-6-9-16(11-15)19-4/h5-11,14,18H,1-4H3. The first-order chi connectivity index (χ1) is 9.11. The van der Waals surface area contributed by atoms with E-state index in [0.29, 0.717) is 0 Å². The fourth-order valence-electron chi connectivity index (χ4n) is 2.13. The van der Waals surface area contributed by atoms with Crippen LogP contribution in [-0.2, 0) is 0 Å². The molecule has 0 aliphatic rings. The Morgan fingerprint density at radius 2 is 1.79 bits per heavy atom. The summed E-state index contributed by atoms with van der Waals surface area (Å²) in [6.45, 7) is 6.45. The predicted molar refractivity (Wildman–Crippen MR) is 80.9 cm³/mol. The Kier molecular flexibility index (Phi) is 4.10. The van der Waals surface area contributed by atoms with Crippen LogP contribution in [0.15, 0.2) is 42.5 Å². The molecule has 0 heterocycles. The van der Waals surface area contributed by atoms with Gasteiger partial charge in [-0.05, 0) is 55.7 Å². The maximum absolute atomic E-state index is 5.27. The van der Waals surface area contributed by atoms with Crippen LogP contribution >= 0.6 is 0 Å². The number of methoxy groups -OCH3 is 1. The van der Waals surface area contributed by atoms with Crippen LogP contribution in [0.2, 0.25) is 0 Å². The van der Waals surface area contributed by atoms with E-state index in [1.165, 1.54) is 22.4 Å². The van der Waals surface area contributed by atoms with Gasteiger partial charge in [0.2, 0.25) is 0 Å². The van der Waals surface area contributed by atoms with E-state index in [4.69, 9.17) is 4.74 Å². The maximum atomic E-state index is 5.27. The van der Waals surface area contributed by atoms with E-state index in [-0.39, 0.29) is 6.04 Å². The van der Waals surface area contributed by atoms with Crippen LogP contribution in [-0.4, -0.2) is 7.11 Å². The molecule has 0 saturated carbocycles. The number of anilines is 1. The van der Waals surface area contributed by atoms with Crippen LogP contribution < -0.4 is 10.1 Å². The van der Waals surface area contributed by atoms with Crippen molar-refractivity contribution in [1.29, 1.82) is 0 Å². The summed E-state index contributed by atoms with van der Waals surface area (Å²) < 4.78 is 5.27. The van der Waals surface area contributed by atoms with Gasteiger partial charge in [0.15, 0.2) is 0 Å². The molecular weight excluding hydrogens is 234 g/mol. The van der Waals surface area contributed by atoms with Gasteiger partial charge in [-0.15, -0.1) is 0 Å². The Morgan fingerprint density at radius 3 is 2.53 bits per heavy atom. The highest BCUT2D eigenvalue weighted by atomic mass is 16.5. The van der Waals surface area contributed by atoms with Crippen LogP contribution in [0.4, 0.5) is 5.69 Å². The molecule has 0 saturated heterocycles. The third kappa shape index (κ3) is 3.08. The zero-order valence-corrected chi connectivity index (χ0v) is 12.0. The summed E-state index contributed by atoms with van der Waals surface area (Å²) in [5.41, 5.74) is 5.02. The SMILES string of the molecule is COc1cccc(C(C)Nc2cccc(C)c2C)c1. The fourth-order valence-corrected chi connectivity index (χ4v) is 2.13. The molecule has 2 heteroatoms. The van der Waals surface area contributed by atoms with Gasteiger partial charge in [0, 0.05) is 11.7 Å². The minimum absolute atomic E-state index is 0.246. The summed E-state index contributed by atoms with van der Waals surface area (Å²) in [5.74, 6) is 0.895. The molecule has 19 heavy (non-hydrogen) atoms. The first-order valence-electron chi connectivity index (χ1n) is 6.58. The molecule has 2 aromatic rings. The lowest BCUT2D eigenvalue weighted by Crippen LogP contribution is -2.08. The van der Waals surface area contributed by atoms with Gasteiger partial charge in [-0.2, -0.15) is 0 Å². The second-order valence-electron chi connectivity index (χ2n) is 4.89. The van der Waals surface area contributed by atoms with E-state index < -0.39 is 0 Å². The molecule has 0 radical (unpaired) electrons. The van der Waals surface area contributed by atoms with Gasteiger partial charge in [0.05, 0.1) is 7.11 Å². The monoisotopic (exact) mass is 255 g/mol. The largest absolute Gasteiger partial charge is 0.497 e. The summed E-state index contributed by atoms with van der Waals surface area (Å²) in [4.78, 5) is 0. The summed E-state index contributed by atoms with van der Waals surface area (Å²) in [6, 6.07) is 14.8. The van der Waals surface area contributed by atoms with E-state index in [0.717, 1.165) is 5.75 Å². The lowest BCUT2D eigenvalue weighted by molar-refractivity contribution is 0.414. The van der Waals surface area contributed by atoms with Crippen molar-refractivity contribution in [3.63, 3.8) is 0 Å². The number of hydrogen-bond donors (Lipinski definition) is 1. The van der Waals surface area contributed by atoms with Crippen LogP contribution in [0.5, 0.6) is 5.75 Å². The number of nitrogens with one attached hydrogen (secondary N) is 1. The lowest BCUT2D eigenvalue weighted by atomic mass is 10.0. The molecule has 1 N–H and O–H groups in total. The molecule has 0 aromatic heterocycles. The van der Waals surface area contributed by atoms with Crippen molar-refractivity contribution in [2.75, 3.05) is 12.4 Å². The highest BCUT2D eigenvalue weighted by Crippen LogP contribution is 2.25. The molecular formula is C17H21NO. The second-order valence-corrected chi connectivity index (χ2v) is 4.89. The minimum Gasteiger partial charge on any atom is -0.497 e. The van der Waals surface area contributed by atoms with E-state index in [1.54, 1.807) is 7.11 Å². The van der Waals surface area contributed by atoms with Crippen molar-refractivity contribution < 1.29 is 4.74 Å². The highest BCUT2D eigenvalue weighted by molar-refractivity contribution is 5.55. The molecule has 2 rings (SSSR count). The van der Waals surface area contributed by atoms with E-state index in [9.17, 15) is 0 Å². The summed E-state index contributed by atoms with van der Waals surface area (Å²) in [6.07, 6.45) is 0. The summed E-state index contributed by atoms with van der Waals surface area (Å²) >= 11 is 0. The molecule has 2 aromatic carbocycles. The van der Waals surface area contributed by atoms with Gasteiger partial charge in [0.1, 0.15) is 5.75 Å². The molecule has 0 amide bonds. The van der Waals surface area contributed by atoms with Crippen LogP contribution in [0.3, 0.4) is 0 Å². The van der Waals surface area contributed by atoms with Crippen LogP contribution in [0.1, 0.15) is 29.7 Å². The minimum atomic E-state index is 0.246. The molecule has 0 bridgehead atoms. The van der Waals surface area contributed by atoms with Crippen molar-refractivity contribution in [3.05, 3.63) is 59.2 Å². The zero-order valence-electron chi connectivity index (χ0n) is 12.0. The van der Waals surface area contributed by atoms with E-state index >= 15 is 0 Å². The third-order valence-corrected chi connectivity index (χ3v) is 3.57. The number of benzene rings is 2. The molecule has 0 aliphatic carbocycles. The average molecular weight is 255 g/mol. The molecule has 1 atom stereocenters. The zero-order chi connectivity index (χ0) is 13.8. The Bertz CT molecular complexity index is 563. The molecule has 0 fully saturated rings. The normalized spacial score (nSPS) is 12.0. The predicted octanol–water partition coefficient (Wildman–Crippen LogP) is 4.49. The van der Waals surface area contributed by atoms with E-state index in [1.807, 2.05) is 12.1 Å². The maximum Gasteiger partial charge on any atom is 0.119 e. The van der Waals surface area contributed by atoms with Gasteiger partial charge in [-0.25, -0.2) is 0 Å². The van der Waals surface area contributed by atoms with Crippen molar-refractivity contribution in [2.24, 2.45) is 0 Å². The smallest absolute Gasteiger partial charge is 0.119 e. The fraction of sp³-hybridized carbons (Fsp3) is 0.294. The topological polar surface area (TPSA) is 21.3 Å². The van der Waals surface area contributed by atoms with Gasteiger partial charge in [-0.1, -0.05) is 24.3 Å². The Balaban J connectivity index is 2.20. The molecule has 2 nitrogen and oxygen atoms in total. The number of aryl methyl sites for hydroxylation is 1. The number of rotatable bonds is 4. The van der Waals surface area contributed by atoms with Crippen LogP contribution in [0.25, 0.3) is 0 Å².